The van der Waals surface area contributed by atoms with Crippen LogP contribution in [0.25, 0.3) is 0 Å². The van der Waals surface area contributed by atoms with Crippen molar-refractivity contribution >= 4 is 11.9 Å². The number of hydrogen-bond acceptors (Lipinski definition) is 4. The second-order valence-electron chi connectivity index (χ2n) is 5.52. The number of guanidine groups is 1. The molecule has 0 heterocycles. The fourth-order valence-electron chi connectivity index (χ4n) is 3.26. The van der Waals surface area contributed by atoms with Crippen LogP contribution in [0.5, 0.6) is 0 Å². The van der Waals surface area contributed by atoms with Crippen LogP contribution < -0.4 is 17.2 Å². The molecule has 0 aliphatic heterocycles. The Hall–Kier alpha value is -1.34. The van der Waals surface area contributed by atoms with Crippen LogP contribution in [0.15, 0.2) is 4.99 Å². The van der Waals surface area contributed by atoms with E-state index in [1.807, 2.05) is 13.8 Å². The molecule has 0 bridgehead atoms. The molecule has 116 valence electrons. The van der Waals surface area contributed by atoms with Crippen molar-refractivity contribution in [2.75, 3.05) is 0 Å². The quantitative estimate of drug-likeness (QED) is 0.327. The maximum absolute atomic E-state index is 11.2. The van der Waals surface area contributed by atoms with Crippen LogP contribution in [0.4, 0.5) is 0 Å². The molecule has 1 rings (SSSR count). The summed E-state index contributed by atoms with van der Waals surface area (Å²) >= 11 is 0. The minimum Gasteiger partial charge on any atom is -0.481 e. The molecule has 0 aromatic heterocycles. The van der Waals surface area contributed by atoms with Gasteiger partial charge in [-0.1, -0.05) is 26.7 Å². The van der Waals surface area contributed by atoms with E-state index in [2.05, 4.69) is 4.99 Å². The highest BCUT2D eigenvalue weighted by Gasteiger charge is 2.49. The molecule has 0 saturated heterocycles. The molecule has 1 saturated carbocycles. The summed E-state index contributed by atoms with van der Waals surface area (Å²) in [4.78, 5) is 15.3. The minimum absolute atomic E-state index is 0.102. The number of aliphatic hydroxyl groups excluding tert-OH is 1. The Morgan fingerprint density at radius 2 is 1.90 bits per heavy atom. The van der Waals surface area contributed by atoms with E-state index >= 15 is 0 Å². The van der Waals surface area contributed by atoms with Gasteiger partial charge >= 0.3 is 5.97 Å². The molecule has 20 heavy (non-hydrogen) atoms. The molecule has 7 nitrogen and oxygen atoms in total. The number of carboxylic acids is 1. The smallest absolute Gasteiger partial charge is 0.309 e. The largest absolute Gasteiger partial charge is 0.481 e. The predicted octanol–water partition coefficient (Wildman–Crippen LogP) is -0.526. The van der Waals surface area contributed by atoms with Gasteiger partial charge in [-0.2, -0.15) is 0 Å². The number of aliphatic hydroxyl groups is 1. The number of aliphatic carboxylic acids is 1. The highest BCUT2D eigenvalue weighted by Crippen LogP contribution is 2.38. The molecular formula is C13H26N4O3. The highest BCUT2D eigenvalue weighted by molar-refractivity contribution is 5.76. The van der Waals surface area contributed by atoms with E-state index in [4.69, 9.17) is 17.2 Å². The summed E-state index contributed by atoms with van der Waals surface area (Å²) in [5.74, 6) is -2.22. The number of aliphatic imine (C=N–C) groups is 1. The third-order valence-corrected chi connectivity index (χ3v) is 4.42. The summed E-state index contributed by atoms with van der Waals surface area (Å²) in [5.41, 5.74) is 17.1. The van der Waals surface area contributed by atoms with Crippen LogP contribution >= 0.6 is 0 Å². The lowest BCUT2D eigenvalue weighted by Gasteiger charge is -2.32. The van der Waals surface area contributed by atoms with Crippen molar-refractivity contribution in [2.24, 2.45) is 39.9 Å². The zero-order valence-corrected chi connectivity index (χ0v) is 12.1. The summed E-state index contributed by atoms with van der Waals surface area (Å²) in [6.45, 7) is 4.05. The molecule has 5 atom stereocenters. The minimum atomic E-state index is -1.03. The number of nitrogens with zero attached hydrogens (tertiary/aromatic N) is 1. The standard InChI is InChI=1S/C13H26N4O3/c1-3-6(4-2)10(14)9-8(17-13(15)16)5-7(11(9)18)12(19)20/h6-11,18H,3-5,14H2,1-2H3,(H,19,20)(H4,15,16,17)/t7-,8+,9+,10-,11+/m0/s1. The van der Waals surface area contributed by atoms with Gasteiger partial charge < -0.3 is 27.4 Å². The monoisotopic (exact) mass is 286 g/mol. The maximum Gasteiger partial charge on any atom is 0.309 e. The maximum atomic E-state index is 11.2. The summed E-state index contributed by atoms with van der Waals surface area (Å²) in [6, 6.07) is -0.760. The molecule has 0 spiro atoms. The second kappa shape index (κ2) is 6.90. The third kappa shape index (κ3) is 3.40. The lowest BCUT2D eigenvalue weighted by atomic mass is 9.81. The first-order valence-corrected chi connectivity index (χ1v) is 7.08. The van der Waals surface area contributed by atoms with Crippen molar-refractivity contribution in [2.45, 2.75) is 51.3 Å². The van der Waals surface area contributed by atoms with Crippen molar-refractivity contribution in [3.05, 3.63) is 0 Å². The van der Waals surface area contributed by atoms with Crippen molar-refractivity contribution in [3.8, 4) is 0 Å². The first-order valence-electron chi connectivity index (χ1n) is 7.08. The zero-order chi connectivity index (χ0) is 15.4. The van der Waals surface area contributed by atoms with Gasteiger partial charge in [0.2, 0.25) is 0 Å². The number of carbonyl (C=O) groups is 1. The van der Waals surface area contributed by atoms with Gasteiger partial charge in [-0.15, -0.1) is 0 Å². The molecular weight excluding hydrogens is 260 g/mol. The molecule has 1 fully saturated rings. The Labute approximate surface area is 119 Å². The molecule has 0 radical (unpaired) electrons. The Kier molecular flexibility index (Phi) is 5.76. The van der Waals surface area contributed by atoms with Crippen LogP contribution in [0.1, 0.15) is 33.1 Å². The average molecular weight is 286 g/mol. The molecule has 8 N–H and O–H groups in total. The highest BCUT2D eigenvalue weighted by atomic mass is 16.4. The predicted molar refractivity (Wildman–Crippen MR) is 76.9 cm³/mol. The summed E-state index contributed by atoms with van der Waals surface area (Å²) in [6.07, 6.45) is 0.934. The lowest BCUT2D eigenvalue weighted by Crippen LogP contribution is -2.46. The van der Waals surface area contributed by atoms with Crippen LogP contribution in [0.2, 0.25) is 0 Å². The van der Waals surface area contributed by atoms with Gasteiger partial charge in [0.1, 0.15) is 0 Å². The lowest BCUT2D eigenvalue weighted by molar-refractivity contribution is -0.145. The first-order chi connectivity index (χ1) is 9.33. The molecule has 1 aliphatic carbocycles. The second-order valence-corrected chi connectivity index (χ2v) is 5.52. The van der Waals surface area contributed by atoms with E-state index in [1.165, 1.54) is 0 Å². The topological polar surface area (TPSA) is 148 Å². The van der Waals surface area contributed by atoms with Gasteiger partial charge in [-0.3, -0.25) is 4.79 Å². The Balaban J connectivity index is 3.03. The van der Waals surface area contributed by atoms with Gasteiger partial charge in [0.15, 0.2) is 5.96 Å². The van der Waals surface area contributed by atoms with E-state index in [0.717, 1.165) is 12.8 Å². The van der Waals surface area contributed by atoms with Crippen molar-refractivity contribution in [1.82, 2.24) is 0 Å². The fourth-order valence-corrected chi connectivity index (χ4v) is 3.26. The van der Waals surface area contributed by atoms with Gasteiger partial charge in [0.05, 0.1) is 18.1 Å². The van der Waals surface area contributed by atoms with E-state index in [-0.39, 0.29) is 24.3 Å². The summed E-state index contributed by atoms with van der Waals surface area (Å²) < 4.78 is 0. The van der Waals surface area contributed by atoms with Crippen LogP contribution in [0.3, 0.4) is 0 Å². The number of hydrogen-bond donors (Lipinski definition) is 5. The van der Waals surface area contributed by atoms with Gasteiger partial charge in [-0.05, 0) is 12.3 Å². The average Bonchev–Trinajstić information content (AvgIpc) is 2.66. The van der Waals surface area contributed by atoms with Gasteiger partial charge in [-0.25, -0.2) is 4.99 Å². The van der Waals surface area contributed by atoms with E-state index < -0.39 is 30.0 Å². The van der Waals surface area contributed by atoms with Crippen molar-refractivity contribution in [3.63, 3.8) is 0 Å². The molecule has 0 aromatic rings. The molecule has 0 aromatic carbocycles. The Morgan fingerprint density at radius 3 is 2.30 bits per heavy atom. The van der Waals surface area contributed by atoms with Crippen LogP contribution in [-0.2, 0) is 4.79 Å². The normalized spacial score (nSPS) is 31.2. The summed E-state index contributed by atoms with van der Waals surface area (Å²) in [7, 11) is 0. The Bertz CT molecular complexity index is 367. The van der Waals surface area contributed by atoms with Crippen molar-refractivity contribution < 1.29 is 15.0 Å². The van der Waals surface area contributed by atoms with Crippen molar-refractivity contribution in [1.29, 1.82) is 0 Å². The Morgan fingerprint density at radius 1 is 1.35 bits per heavy atom. The fraction of sp³-hybridized carbons (Fsp3) is 0.846. The van der Waals surface area contributed by atoms with Crippen LogP contribution in [-0.4, -0.2) is 40.3 Å². The molecule has 0 amide bonds. The first kappa shape index (κ1) is 16.7. The SMILES string of the molecule is CCC(CC)[C@H](N)[C@@H]1[C@H](O)[C@@H](C(=O)O)C[C@H]1N=C(N)N. The number of carboxylic acid groups (broad SMARTS) is 1. The number of rotatable bonds is 6. The van der Waals surface area contributed by atoms with Gasteiger partial charge in [0.25, 0.3) is 0 Å². The molecule has 0 unspecified atom stereocenters. The van der Waals surface area contributed by atoms with E-state index in [9.17, 15) is 15.0 Å². The number of nitrogens with two attached hydrogens (primary N) is 3. The molecule has 7 heteroatoms. The van der Waals surface area contributed by atoms with Crippen LogP contribution in [0, 0.1) is 17.8 Å². The molecule has 1 aliphatic rings. The summed E-state index contributed by atoms with van der Waals surface area (Å²) in [5, 5.41) is 19.5. The van der Waals surface area contributed by atoms with E-state index in [0.29, 0.717) is 0 Å². The zero-order valence-electron chi connectivity index (χ0n) is 12.1. The van der Waals surface area contributed by atoms with Gasteiger partial charge in [0, 0.05) is 12.0 Å². The van der Waals surface area contributed by atoms with E-state index in [1.54, 1.807) is 0 Å². The third-order valence-electron chi connectivity index (χ3n) is 4.42.